The number of carbonyl (C=O) groups excluding carboxylic acids is 1. The quantitative estimate of drug-likeness (QED) is 0.825. The van der Waals surface area contributed by atoms with Crippen molar-refractivity contribution in [3.8, 4) is 0 Å². The number of anilines is 1. The Balaban J connectivity index is 2.68. The van der Waals surface area contributed by atoms with Crippen molar-refractivity contribution in [2.75, 3.05) is 12.4 Å². The normalized spacial score (nSPS) is 11.9. The van der Waals surface area contributed by atoms with E-state index in [1.54, 1.807) is 0 Å². The van der Waals surface area contributed by atoms with Crippen LogP contribution in [0.5, 0.6) is 0 Å². The summed E-state index contributed by atoms with van der Waals surface area (Å²) >= 11 is 0. The van der Waals surface area contributed by atoms with Gasteiger partial charge in [-0.15, -0.1) is 0 Å². The van der Waals surface area contributed by atoms with Gasteiger partial charge in [0.1, 0.15) is 0 Å². The molecule has 1 atom stereocenters. The number of hydrogen-bond acceptors (Lipinski definition) is 2. The average molecular weight is 207 g/mol. The van der Waals surface area contributed by atoms with Crippen LogP contribution in [-0.4, -0.2) is 13.2 Å². The van der Waals surface area contributed by atoms with Gasteiger partial charge >= 0.3 is 6.09 Å². The van der Waals surface area contributed by atoms with E-state index in [0.29, 0.717) is 5.92 Å². The standard InChI is InChI=1S/C12H17NO2/c1-4-9(2)10-5-7-11(8-6-10)13-12(14)15-3/h5-9H,4H2,1-3H3,(H,13,14). The lowest BCUT2D eigenvalue weighted by Crippen LogP contribution is -2.10. The number of carbonyl (C=O) groups is 1. The van der Waals surface area contributed by atoms with Crippen LogP contribution in [0.1, 0.15) is 31.7 Å². The van der Waals surface area contributed by atoms with E-state index in [0.717, 1.165) is 12.1 Å². The molecule has 0 saturated carbocycles. The molecule has 0 aromatic heterocycles. The molecule has 0 heterocycles. The van der Waals surface area contributed by atoms with E-state index >= 15 is 0 Å². The molecule has 0 spiro atoms. The van der Waals surface area contributed by atoms with Crippen LogP contribution in [0.3, 0.4) is 0 Å². The number of methoxy groups -OCH3 is 1. The molecule has 82 valence electrons. The van der Waals surface area contributed by atoms with Crippen LogP contribution in [0, 0.1) is 0 Å². The van der Waals surface area contributed by atoms with Gasteiger partial charge < -0.3 is 4.74 Å². The zero-order valence-electron chi connectivity index (χ0n) is 9.41. The topological polar surface area (TPSA) is 38.3 Å². The minimum atomic E-state index is -0.439. The van der Waals surface area contributed by atoms with Gasteiger partial charge in [0, 0.05) is 5.69 Å². The zero-order valence-corrected chi connectivity index (χ0v) is 9.41. The second-order valence-electron chi connectivity index (χ2n) is 3.55. The average Bonchev–Trinajstić information content (AvgIpc) is 2.29. The summed E-state index contributed by atoms with van der Waals surface area (Å²) in [6, 6.07) is 7.83. The van der Waals surface area contributed by atoms with Gasteiger partial charge in [-0.3, -0.25) is 5.32 Å². The molecule has 0 fully saturated rings. The first kappa shape index (κ1) is 11.6. The molecule has 1 aromatic carbocycles. The number of nitrogens with one attached hydrogen (secondary N) is 1. The van der Waals surface area contributed by atoms with Crippen molar-refractivity contribution in [3.05, 3.63) is 29.8 Å². The molecule has 1 amide bonds. The van der Waals surface area contributed by atoms with Crippen molar-refractivity contribution in [3.63, 3.8) is 0 Å². The van der Waals surface area contributed by atoms with Gasteiger partial charge in [-0.05, 0) is 30.0 Å². The molecule has 0 aliphatic heterocycles. The van der Waals surface area contributed by atoms with E-state index in [1.165, 1.54) is 12.7 Å². The van der Waals surface area contributed by atoms with E-state index in [9.17, 15) is 4.79 Å². The van der Waals surface area contributed by atoms with Gasteiger partial charge in [-0.25, -0.2) is 4.79 Å². The maximum absolute atomic E-state index is 10.9. The fourth-order valence-corrected chi connectivity index (χ4v) is 1.30. The lowest BCUT2D eigenvalue weighted by Gasteiger charge is -2.09. The van der Waals surface area contributed by atoms with Gasteiger partial charge in [0.2, 0.25) is 0 Å². The number of rotatable bonds is 3. The van der Waals surface area contributed by atoms with E-state index in [2.05, 4.69) is 23.9 Å². The molecule has 1 aromatic rings. The van der Waals surface area contributed by atoms with Crippen LogP contribution in [0.2, 0.25) is 0 Å². The first-order valence-corrected chi connectivity index (χ1v) is 5.12. The molecule has 3 nitrogen and oxygen atoms in total. The van der Waals surface area contributed by atoms with Gasteiger partial charge in [-0.2, -0.15) is 0 Å². The van der Waals surface area contributed by atoms with Crippen LogP contribution >= 0.6 is 0 Å². The minimum absolute atomic E-state index is 0.439. The molecule has 0 bridgehead atoms. The summed E-state index contributed by atoms with van der Waals surface area (Å²) in [7, 11) is 1.35. The molecule has 15 heavy (non-hydrogen) atoms. The summed E-state index contributed by atoms with van der Waals surface area (Å²) in [6.07, 6.45) is 0.676. The van der Waals surface area contributed by atoms with Crippen LogP contribution in [0.4, 0.5) is 10.5 Å². The lowest BCUT2D eigenvalue weighted by molar-refractivity contribution is 0.187. The zero-order chi connectivity index (χ0) is 11.3. The van der Waals surface area contributed by atoms with Crippen molar-refractivity contribution in [1.29, 1.82) is 0 Å². The number of amides is 1. The highest BCUT2D eigenvalue weighted by atomic mass is 16.5. The molecule has 1 rings (SSSR count). The summed E-state index contributed by atoms with van der Waals surface area (Å²) < 4.78 is 4.50. The van der Waals surface area contributed by atoms with Crippen molar-refractivity contribution >= 4 is 11.8 Å². The Hall–Kier alpha value is -1.51. The fraction of sp³-hybridized carbons (Fsp3) is 0.417. The Morgan fingerprint density at radius 3 is 2.47 bits per heavy atom. The van der Waals surface area contributed by atoms with Gasteiger partial charge in [0.25, 0.3) is 0 Å². The Morgan fingerprint density at radius 2 is 2.00 bits per heavy atom. The molecule has 0 radical (unpaired) electrons. The predicted molar refractivity (Wildman–Crippen MR) is 61.2 cm³/mol. The molecule has 1 unspecified atom stereocenters. The maximum atomic E-state index is 10.9. The van der Waals surface area contributed by atoms with Gasteiger partial charge in [-0.1, -0.05) is 26.0 Å². The smallest absolute Gasteiger partial charge is 0.411 e. The summed E-state index contributed by atoms with van der Waals surface area (Å²) in [5.74, 6) is 0.553. The summed E-state index contributed by atoms with van der Waals surface area (Å²) in [5.41, 5.74) is 2.04. The van der Waals surface area contributed by atoms with Crippen molar-refractivity contribution in [2.45, 2.75) is 26.2 Å². The molecule has 3 heteroatoms. The number of benzene rings is 1. The summed E-state index contributed by atoms with van der Waals surface area (Å²) in [4.78, 5) is 10.9. The molecule has 0 saturated heterocycles. The number of hydrogen-bond donors (Lipinski definition) is 1. The second-order valence-corrected chi connectivity index (χ2v) is 3.55. The summed E-state index contributed by atoms with van der Waals surface area (Å²) in [5, 5.41) is 2.61. The SMILES string of the molecule is CCC(C)c1ccc(NC(=O)OC)cc1. The predicted octanol–water partition coefficient (Wildman–Crippen LogP) is 3.38. The first-order chi connectivity index (χ1) is 7.17. The third kappa shape index (κ3) is 3.27. The van der Waals surface area contributed by atoms with E-state index < -0.39 is 6.09 Å². The first-order valence-electron chi connectivity index (χ1n) is 5.12. The Kier molecular flexibility index (Phi) is 4.16. The van der Waals surface area contributed by atoms with Crippen molar-refractivity contribution in [1.82, 2.24) is 0 Å². The Labute approximate surface area is 90.4 Å². The van der Waals surface area contributed by atoms with Crippen molar-refractivity contribution < 1.29 is 9.53 Å². The lowest BCUT2D eigenvalue weighted by atomic mass is 9.99. The molecule has 0 aliphatic carbocycles. The monoisotopic (exact) mass is 207 g/mol. The van der Waals surface area contributed by atoms with E-state index in [1.807, 2.05) is 24.3 Å². The maximum Gasteiger partial charge on any atom is 0.411 e. The second kappa shape index (κ2) is 5.39. The van der Waals surface area contributed by atoms with Crippen LogP contribution in [0.15, 0.2) is 24.3 Å². The molecule has 0 aliphatic rings. The third-order valence-corrected chi connectivity index (χ3v) is 2.52. The molecular weight excluding hydrogens is 190 g/mol. The van der Waals surface area contributed by atoms with Gasteiger partial charge in [0.05, 0.1) is 7.11 Å². The highest BCUT2D eigenvalue weighted by Gasteiger charge is 2.03. The minimum Gasteiger partial charge on any atom is -0.453 e. The largest absolute Gasteiger partial charge is 0.453 e. The molecule has 1 N–H and O–H groups in total. The Morgan fingerprint density at radius 1 is 1.40 bits per heavy atom. The molecular formula is C12H17NO2. The van der Waals surface area contributed by atoms with E-state index in [4.69, 9.17) is 0 Å². The Bertz CT molecular complexity index is 319. The fourth-order valence-electron chi connectivity index (χ4n) is 1.30. The highest BCUT2D eigenvalue weighted by molar-refractivity contribution is 5.84. The van der Waals surface area contributed by atoms with Crippen molar-refractivity contribution in [2.24, 2.45) is 0 Å². The van der Waals surface area contributed by atoms with E-state index in [-0.39, 0.29) is 0 Å². The van der Waals surface area contributed by atoms with Crippen LogP contribution < -0.4 is 5.32 Å². The third-order valence-electron chi connectivity index (χ3n) is 2.52. The summed E-state index contributed by atoms with van der Waals surface area (Å²) in [6.45, 7) is 4.34. The van der Waals surface area contributed by atoms with Gasteiger partial charge in [0.15, 0.2) is 0 Å². The number of ether oxygens (including phenoxy) is 1. The van der Waals surface area contributed by atoms with Crippen LogP contribution in [-0.2, 0) is 4.74 Å². The van der Waals surface area contributed by atoms with Crippen LogP contribution in [0.25, 0.3) is 0 Å². The highest BCUT2D eigenvalue weighted by Crippen LogP contribution is 2.20.